The van der Waals surface area contributed by atoms with Gasteiger partial charge in [-0.25, -0.2) is 4.79 Å². The van der Waals surface area contributed by atoms with Gasteiger partial charge in [-0.15, -0.1) is 0 Å². The second-order valence-electron chi connectivity index (χ2n) is 5.04. The quantitative estimate of drug-likeness (QED) is 0.790. The molecule has 0 aliphatic carbocycles. The standard InChI is InChI=1S/C13H15BrN2O3/c1-6-2-3-19-12(6)11(17)7-4-9-10(5-8(7)14)16-13(18)15-9/h4-6,11-12,17H,2-3H2,1H3,(H2,15,16,18). The zero-order chi connectivity index (χ0) is 13.6. The van der Waals surface area contributed by atoms with Gasteiger partial charge in [0.15, 0.2) is 0 Å². The summed E-state index contributed by atoms with van der Waals surface area (Å²) in [6.45, 7) is 2.76. The third-order valence-corrected chi connectivity index (χ3v) is 4.39. The molecule has 0 bridgehead atoms. The highest BCUT2D eigenvalue weighted by molar-refractivity contribution is 9.10. The molecule has 6 heteroatoms. The number of hydrogen-bond acceptors (Lipinski definition) is 3. The molecule has 1 aliphatic rings. The number of nitrogens with one attached hydrogen (secondary N) is 2. The van der Waals surface area contributed by atoms with Gasteiger partial charge in [0.25, 0.3) is 0 Å². The lowest BCUT2D eigenvalue weighted by atomic mass is 9.94. The smallest absolute Gasteiger partial charge is 0.323 e. The first-order valence-corrected chi connectivity index (χ1v) is 7.06. The van der Waals surface area contributed by atoms with Crippen LogP contribution in [-0.2, 0) is 4.74 Å². The summed E-state index contributed by atoms with van der Waals surface area (Å²) < 4.78 is 6.37. The van der Waals surface area contributed by atoms with Crippen molar-refractivity contribution in [2.24, 2.45) is 5.92 Å². The molecule has 0 saturated carbocycles. The third kappa shape index (κ3) is 2.24. The van der Waals surface area contributed by atoms with Gasteiger partial charge in [0, 0.05) is 11.1 Å². The number of aliphatic hydroxyl groups excluding tert-OH is 1. The van der Waals surface area contributed by atoms with Crippen LogP contribution in [0.5, 0.6) is 0 Å². The van der Waals surface area contributed by atoms with Crippen molar-refractivity contribution in [1.82, 2.24) is 9.97 Å². The van der Waals surface area contributed by atoms with Crippen molar-refractivity contribution >= 4 is 27.0 Å². The van der Waals surface area contributed by atoms with Crippen LogP contribution in [0.1, 0.15) is 25.0 Å². The number of rotatable bonds is 2. The van der Waals surface area contributed by atoms with E-state index < -0.39 is 6.10 Å². The van der Waals surface area contributed by atoms with Crippen LogP contribution in [0.15, 0.2) is 21.4 Å². The molecule has 1 aliphatic heterocycles. The number of benzene rings is 1. The van der Waals surface area contributed by atoms with Crippen LogP contribution in [0.3, 0.4) is 0 Å². The molecule has 0 spiro atoms. The van der Waals surface area contributed by atoms with Crippen LogP contribution in [0, 0.1) is 5.92 Å². The summed E-state index contributed by atoms with van der Waals surface area (Å²) in [5, 5.41) is 10.5. The minimum Gasteiger partial charge on any atom is -0.386 e. The minimum atomic E-state index is -0.699. The van der Waals surface area contributed by atoms with Crippen molar-refractivity contribution in [3.8, 4) is 0 Å². The number of aliphatic hydroxyl groups is 1. The van der Waals surface area contributed by atoms with Crippen LogP contribution < -0.4 is 5.69 Å². The Bertz CT molecular complexity index is 663. The van der Waals surface area contributed by atoms with E-state index in [0.717, 1.165) is 16.5 Å². The molecule has 3 unspecified atom stereocenters. The normalized spacial score (nSPS) is 25.0. The summed E-state index contributed by atoms with van der Waals surface area (Å²) in [6, 6.07) is 3.59. The summed E-state index contributed by atoms with van der Waals surface area (Å²) in [5.41, 5.74) is 1.89. The fourth-order valence-corrected chi connectivity index (χ4v) is 3.18. The van der Waals surface area contributed by atoms with Crippen LogP contribution in [0.25, 0.3) is 11.0 Å². The fourth-order valence-electron chi connectivity index (χ4n) is 2.60. The molecule has 0 amide bonds. The average Bonchev–Trinajstić information content (AvgIpc) is 2.92. The van der Waals surface area contributed by atoms with Crippen LogP contribution in [0.2, 0.25) is 0 Å². The molecule has 1 saturated heterocycles. The Labute approximate surface area is 118 Å². The molecule has 3 N–H and O–H groups in total. The molecule has 1 aromatic carbocycles. The molecule has 3 rings (SSSR count). The van der Waals surface area contributed by atoms with E-state index in [0.29, 0.717) is 23.6 Å². The Morgan fingerprint density at radius 3 is 2.74 bits per heavy atom. The van der Waals surface area contributed by atoms with Gasteiger partial charge in [0.1, 0.15) is 6.10 Å². The van der Waals surface area contributed by atoms with E-state index in [1.54, 1.807) is 12.1 Å². The highest BCUT2D eigenvalue weighted by atomic mass is 79.9. The van der Waals surface area contributed by atoms with Crippen molar-refractivity contribution in [1.29, 1.82) is 0 Å². The lowest BCUT2D eigenvalue weighted by Gasteiger charge is -2.22. The van der Waals surface area contributed by atoms with Gasteiger partial charge in [0.2, 0.25) is 0 Å². The van der Waals surface area contributed by atoms with E-state index in [9.17, 15) is 9.90 Å². The Hall–Kier alpha value is -1.11. The largest absolute Gasteiger partial charge is 0.386 e. The number of imidazole rings is 1. The molecule has 19 heavy (non-hydrogen) atoms. The minimum absolute atomic E-state index is 0.195. The first kappa shape index (κ1) is 12.9. The number of aromatic amines is 2. The Morgan fingerprint density at radius 1 is 1.42 bits per heavy atom. The van der Waals surface area contributed by atoms with Crippen molar-refractivity contribution in [3.05, 3.63) is 32.7 Å². The molecule has 1 aromatic heterocycles. The first-order chi connectivity index (χ1) is 9.06. The van der Waals surface area contributed by atoms with Crippen molar-refractivity contribution in [3.63, 3.8) is 0 Å². The molecular formula is C13H15BrN2O3. The van der Waals surface area contributed by atoms with Gasteiger partial charge in [-0.2, -0.15) is 0 Å². The predicted molar refractivity (Wildman–Crippen MR) is 75.1 cm³/mol. The van der Waals surface area contributed by atoms with E-state index in [1.807, 2.05) is 0 Å². The maximum atomic E-state index is 11.3. The molecular weight excluding hydrogens is 312 g/mol. The second kappa shape index (κ2) is 4.77. The van der Waals surface area contributed by atoms with Crippen LogP contribution >= 0.6 is 15.9 Å². The maximum Gasteiger partial charge on any atom is 0.323 e. The number of hydrogen-bond donors (Lipinski definition) is 3. The molecule has 5 nitrogen and oxygen atoms in total. The zero-order valence-corrected chi connectivity index (χ0v) is 12.0. The maximum absolute atomic E-state index is 11.3. The third-order valence-electron chi connectivity index (χ3n) is 3.71. The number of fused-ring (bicyclic) bond motifs is 1. The summed E-state index contributed by atoms with van der Waals surface area (Å²) in [7, 11) is 0. The zero-order valence-electron chi connectivity index (χ0n) is 10.4. The Morgan fingerprint density at radius 2 is 2.11 bits per heavy atom. The van der Waals surface area contributed by atoms with Gasteiger partial charge in [0.05, 0.1) is 17.1 Å². The van der Waals surface area contributed by atoms with Crippen molar-refractivity contribution < 1.29 is 9.84 Å². The number of H-pyrrole nitrogens is 2. The van der Waals surface area contributed by atoms with Gasteiger partial charge in [-0.3, -0.25) is 0 Å². The molecule has 2 heterocycles. The monoisotopic (exact) mass is 326 g/mol. The fraction of sp³-hybridized carbons (Fsp3) is 0.462. The Kier molecular flexibility index (Phi) is 3.24. The highest BCUT2D eigenvalue weighted by Gasteiger charge is 2.33. The molecule has 0 radical (unpaired) electrons. The predicted octanol–water partition coefficient (Wildman–Crippen LogP) is 2.08. The summed E-state index contributed by atoms with van der Waals surface area (Å²) >= 11 is 3.44. The Balaban J connectivity index is 2.03. The molecule has 3 atom stereocenters. The van der Waals surface area contributed by atoms with Crippen molar-refractivity contribution in [2.75, 3.05) is 6.61 Å². The van der Waals surface area contributed by atoms with Gasteiger partial charge < -0.3 is 19.8 Å². The van der Waals surface area contributed by atoms with E-state index in [4.69, 9.17) is 4.74 Å². The molecule has 2 aromatic rings. The average molecular weight is 327 g/mol. The van der Waals surface area contributed by atoms with E-state index in [1.165, 1.54) is 0 Å². The van der Waals surface area contributed by atoms with Crippen LogP contribution in [-0.4, -0.2) is 27.8 Å². The topological polar surface area (TPSA) is 78.1 Å². The SMILES string of the molecule is CC1CCOC1C(O)c1cc2[nH]c(=O)[nH]c2cc1Br. The second-order valence-corrected chi connectivity index (χ2v) is 5.90. The van der Waals surface area contributed by atoms with E-state index in [-0.39, 0.29) is 11.8 Å². The number of aromatic nitrogens is 2. The summed E-state index contributed by atoms with van der Waals surface area (Å²) in [5.74, 6) is 0.322. The van der Waals surface area contributed by atoms with Crippen LogP contribution in [0.4, 0.5) is 0 Å². The van der Waals surface area contributed by atoms with Gasteiger partial charge >= 0.3 is 5.69 Å². The highest BCUT2D eigenvalue weighted by Crippen LogP contribution is 2.35. The van der Waals surface area contributed by atoms with Crippen molar-refractivity contribution in [2.45, 2.75) is 25.6 Å². The molecule has 1 fully saturated rings. The van der Waals surface area contributed by atoms with E-state index >= 15 is 0 Å². The van der Waals surface area contributed by atoms with E-state index in [2.05, 4.69) is 32.8 Å². The molecule has 102 valence electrons. The lowest BCUT2D eigenvalue weighted by molar-refractivity contribution is -0.0180. The van der Waals surface area contributed by atoms with Gasteiger partial charge in [-0.05, 0) is 30.0 Å². The lowest BCUT2D eigenvalue weighted by Crippen LogP contribution is -2.23. The summed E-state index contributed by atoms with van der Waals surface area (Å²) in [6.07, 6.45) is 0.0665. The number of halogens is 1. The number of ether oxygens (including phenoxy) is 1. The summed E-state index contributed by atoms with van der Waals surface area (Å²) in [4.78, 5) is 16.7. The van der Waals surface area contributed by atoms with Gasteiger partial charge in [-0.1, -0.05) is 22.9 Å². The first-order valence-electron chi connectivity index (χ1n) is 6.27.